The highest BCUT2D eigenvalue weighted by Gasteiger charge is 2.24. The van der Waals surface area contributed by atoms with Gasteiger partial charge in [-0.2, -0.15) is 0 Å². The number of furan rings is 1. The van der Waals surface area contributed by atoms with E-state index in [-0.39, 0.29) is 24.4 Å². The predicted octanol–water partition coefficient (Wildman–Crippen LogP) is 7.70. The minimum atomic E-state index is -0.0305. The van der Waals surface area contributed by atoms with Gasteiger partial charge in [0.25, 0.3) is 0 Å². The molecule has 3 aromatic rings. The van der Waals surface area contributed by atoms with Gasteiger partial charge in [0.15, 0.2) is 5.78 Å². The summed E-state index contributed by atoms with van der Waals surface area (Å²) < 4.78 is 14.2. The lowest BCUT2D eigenvalue weighted by atomic mass is 9.98. The van der Waals surface area contributed by atoms with Crippen LogP contribution in [0.15, 0.2) is 40.8 Å². The number of hydrogen-bond donors (Lipinski definition) is 0. The van der Waals surface area contributed by atoms with E-state index in [1.54, 1.807) is 0 Å². The van der Waals surface area contributed by atoms with Gasteiger partial charge in [-0.05, 0) is 89.8 Å². The van der Waals surface area contributed by atoms with Gasteiger partial charge in [-0.15, -0.1) is 12.4 Å². The number of halogens is 3. The van der Waals surface area contributed by atoms with Crippen LogP contribution in [0, 0.1) is 7.14 Å². The Bertz CT molecular complexity index is 1040. The Morgan fingerprint density at radius 1 is 1.09 bits per heavy atom. The molecule has 4 nitrogen and oxygen atoms in total. The zero-order valence-electron chi connectivity index (χ0n) is 18.9. The molecule has 0 N–H and O–H groups in total. The highest BCUT2D eigenvalue weighted by atomic mass is 127. The van der Waals surface area contributed by atoms with E-state index in [1.165, 1.54) is 0 Å². The maximum Gasteiger partial charge on any atom is 0.197 e. The Labute approximate surface area is 224 Å². The van der Waals surface area contributed by atoms with E-state index in [0.717, 1.165) is 62.0 Å². The maximum absolute atomic E-state index is 13.6. The molecular weight excluding hydrogens is 652 g/mol. The number of ketones is 1. The number of nitrogens with zero attached hydrogens (tertiary/aromatic N) is 1. The third-order valence-corrected chi connectivity index (χ3v) is 7.13. The molecule has 0 bridgehead atoms. The van der Waals surface area contributed by atoms with Gasteiger partial charge >= 0.3 is 0 Å². The quantitative estimate of drug-likeness (QED) is 0.125. The topological polar surface area (TPSA) is 42.7 Å². The van der Waals surface area contributed by atoms with E-state index in [9.17, 15) is 4.79 Å². The molecule has 1 heterocycles. The van der Waals surface area contributed by atoms with E-state index in [1.807, 2.05) is 36.4 Å². The summed E-state index contributed by atoms with van der Waals surface area (Å²) in [6.45, 7) is 10.3. The first-order valence-electron chi connectivity index (χ1n) is 10.9. The van der Waals surface area contributed by atoms with Gasteiger partial charge in [0.1, 0.15) is 23.3 Å². The van der Waals surface area contributed by atoms with Crippen LogP contribution < -0.4 is 4.74 Å². The molecule has 0 amide bonds. The van der Waals surface area contributed by atoms with Gasteiger partial charge in [-0.1, -0.05) is 45.4 Å². The largest absolute Gasteiger partial charge is 0.473 e. The second-order valence-electron chi connectivity index (χ2n) is 7.54. The first kappa shape index (κ1) is 27.4. The Morgan fingerprint density at radius 2 is 1.72 bits per heavy atom. The van der Waals surface area contributed by atoms with Crippen LogP contribution in [0.5, 0.6) is 5.75 Å². The van der Waals surface area contributed by atoms with E-state index in [2.05, 4.69) is 77.8 Å². The van der Waals surface area contributed by atoms with Crippen molar-refractivity contribution in [2.45, 2.75) is 53.2 Å². The smallest absolute Gasteiger partial charge is 0.197 e. The number of benzene rings is 2. The third-order valence-electron chi connectivity index (χ3n) is 5.53. The third kappa shape index (κ3) is 5.98. The highest BCUT2D eigenvalue weighted by Crippen LogP contribution is 2.34. The number of rotatable bonds is 10. The zero-order chi connectivity index (χ0) is 22.5. The summed E-state index contributed by atoms with van der Waals surface area (Å²) in [7, 11) is 0. The molecule has 174 valence electrons. The number of fused-ring (bicyclic) bond motifs is 1. The Morgan fingerprint density at radius 3 is 2.31 bits per heavy atom. The molecule has 0 spiro atoms. The van der Waals surface area contributed by atoms with Gasteiger partial charge < -0.3 is 9.15 Å². The van der Waals surface area contributed by atoms with Gasteiger partial charge in [-0.25, -0.2) is 0 Å². The zero-order valence-corrected chi connectivity index (χ0v) is 24.0. The molecule has 0 saturated carbocycles. The number of hydrogen-bond acceptors (Lipinski definition) is 4. The fourth-order valence-corrected chi connectivity index (χ4v) is 5.81. The van der Waals surface area contributed by atoms with Crippen LogP contribution in [0.3, 0.4) is 0 Å². The number of aryl methyl sites for hydroxylation is 1. The molecule has 1 unspecified atom stereocenters. The Kier molecular flexibility index (Phi) is 10.8. The van der Waals surface area contributed by atoms with E-state index >= 15 is 0 Å². The van der Waals surface area contributed by atoms with Crippen LogP contribution in [0.1, 0.15) is 62.2 Å². The van der Waals surface area contributed by atoms with Gasteiger partial charge in [-0.3, -0.25) is 9.69 Å². The van der Waals surface area contributed by atoms with Crippen molar-refractivity contribution in [3.05, 3.63) is 60.4 Å². The van der Waals surface area contributed by atoms with Crippen LogP contribution in [-0.2, 0) is 6.42 Å². The van der Waals surface area contributed by atoms with Crippen LogP contribution in [0.4, 0.5) is 0 Å². The summed E-state index contributed by atoms with van der Waals surface area (Å²) in [5.41, 5.74) is 2.14. The molecule has 32 heavy (non-hydrogen) atoms. The lowest BCUT2D eigenvalue weighted by Gasteiger charge is -2.27. The molecule has 2 aromatic carbocycles. The average molecular weight is 682 g/mol. The molecule has 1 aromatic heterocycles. The van der Waals surface area contributed by atoms with Crippen molar-refractivity contribution in [3.8, 4) is 5.75 Å². The standard InChI is InChI=1S/C25H29I2NO3.ClH/c1-5-8-12-22-23(18-11-9-10-13-21(18)31-22)24(29)17-14-19(26)25(20(27)15-17)30-16(4)28(6-2)7-3;/h9-11,13-16H,5-8,12H2,1-4H3;1H. The molecule has 0 aliphatic rings. The summed E-state index contributed by atoms with van der Waals surface area (Å²) in [4.78, 5) is 15.9. The predicted molar refractivity (Wildman–Crippen MR) is 150 cm³/mol. The van der Waals surface area contributed by atoms with Crippen molar-refractivity contribution < 1.29 is 13.9 Å². The molecule has 7 heteroatoms. The molecule has 0 aliphatic heterocycles. The Balaban J connectivity index is 0.00000363. The number of para-hydroxylation sites is 1. The number of ether oxygens (including phenoxy) is 1. The fraction of sp³-hybridized carbons (Fsp3) is 0.400. The first-order chi connectivity index (χ1) is 14.9. The van der Waals surface area contributed by atoms with E-state index < -0.39 is 0 Å². The van der Waals surface area contributed by atoms with Crippen LogP contribution >= 0.6 is 57.6 Å². The van der Waals surface area contributed by atoms with Crippen LogP contribution in [0.2, 0.25) is 0 Å². The van der Waals surface area contributed by atoms with Crippen molar-refractivity contribution >= 4 is 74.3 Å². The van der Waals surface area contributed by atoms with Crippen LogP contribution in [-0.4, -0.2) is 30.0 Å². The molecule has 3 rings (SSSR count). The molecule has 0 radical (unpaired) electrons. The average Bonchev–Trinajstić information content (AvgIpc) is 3.13. The molecular formula is C25H30ClI2NO3. The van der Waals surface area contributed by atoms with Gasteiger partial charge in [0.05, 0.1) is 12.7 Å². The minimum Gasteiger partial charge on any atom is -0.473 e. The summed E-state index contributed by atoms with van der Waals surface area (Å²) in [6, 6.07) is 11.7. The van der Waals surface area contributed by atoms with Gasteiger partial charge in [0, 0.05) is 17.4 Å². The normalized spacial score (nSPS) is 12.1. The van der Waals surface area contributed by atoms with Gasteiger partial charge in [0.2, 0.25) is 0 Å². The lowest BCUT2D eigenvalue weighted by molar-refractivity contribution is 0.0466. The molecule has 0 saturated heterocycles. The van der Waals surface area contributed by atoms with Crippen LogP contribution in [0.25, 0.3) is 11.0 Å². The molecule has 0 aliphatic carbocycles. The molecule has 1 atom stereocenters. The van der Waals surface area contributed by atoms with Crippen molar-refractivity contribution in [3.63, 3.8) is 0 Å². The summed E-state index contributed by atoms with van der Waals surface area (Å²) in [6.07, 6.45) is 2.78. The lowest BCUT2D eigenvalue weighted by Crippen LogP contribution is -2.37. The minimum absolute atomic E-state index is 0. The van der Waals surface area contributed by atoms with E-state index in [4.69, 9.17) is 9.15 Å². The number of unbranched alkanes of at least 4 members (excludes halogenated alkanes) is 1. The number of carbonyl (C=O) groups excluding carboxylic acids is 1. The summed E-state index contributed by atoms with van der Waals surface area (Å²) in [5.74, 6) is 1.63. The fourth-order valence-electron chi connectivity index (χ4n) is 3.79. The number of carbonyl (C=O) groups is 1. The maximum atomic E-state index is 13.6. The second kappa shape index (κ2) is 12.6. The van der Waals surface area contributed by atoms with E-state index in [0.29, 0.717) is 11.1 Å². The Hall–Kier alpha value is -0.840. The summed E-state index contributed by atoms with van der Waals surface area (Å²) in [5, 5.41) is 0.888. The summed E-state index contributed by atoms with van der Waals surface area (Å²) >= 11 is 4.54. The van der Waals surface area contributed by atoms with Crippen molar-refractivity contribution in [2.24, 2.45) is 0 Å². The van der Waals surface area contributed by atoms with Crippen molar-refractivity contribution in [1.29, 1.82) is 0 Å². The second-order valence-corrected chi connectivity index (χ2v) is 9.86. The SMILES string of the molecule is CCCCc1oc2ccccc2c1C(=O)c1cc(I)c(OC(C)N(CC)CC)c(I)c1.Cl. The van der Waals surface area contributed by atoms with Crippen molar-refractivity contribution in [1.82, 2.24) is 4.90 Å². The highest BCUT2D eigenvalue weighted by molar-refractivity contribution is 14.1. The molecule has 0 fully saturated rings. The van der Waals surface area contributed by atoms with Crippen molar-refractivity contribution in [2.75, 3.05) is 13.1 Å². The first-order valence-corrected chi connectivity index (χ1v) is 13.0. The monoisotopic (exact) mass is 681 g/mol.